The van der Waals surface area contributed by atoms with Gasteiger partial charge in [-0.15, -0.1) is 0 Å². The lowest BCUT2D eigenvalue weighted by atomic mass is 10.1. The molecule has 60 valence electrons. The zero-order valence-corrected chi connectivity index (χ0v) is 6.42. The summed E-state index contributed by atoms with van der Waals surface area (Å²) in [5.74, 6) is -1.04. The maximum absolute atomic E-state index is 10.3. The van der Waals surface area contributed by atoms with Crippen molar-refractivity contribution in [2.45, 2.75) is 6.92 Å². The third-order valence-corrected chi connectivity index (χ3v) is 1.32. The van der Waals surface area contributed by atoms with Crippen molar-refractivity contribution < 1.29 is 9.90 Å². The first-order chi connectivity index (χ1) is 5.00. The third-order valence-electron chi connectivity index (χ3n) is 1.32. The summed E-state index contributed by atoms with van der Waals surface area (Å²) < 4.78 is 0. The van der Waals surface area contributed by atoms with Crippen molar-refractivity contribution in [3.63, 3.8) is 0 Å². The predicted molar refractivity (Wildman–Crippen MR) is 43.9 cm³/mol. The van der Waals surface area contributed by atoms with Crippen LogP contribution in [-0.4, -0.2) is 11.1 Å². The van der Waals surface area contributed by atoms with E-state index in [9.17, 15) is 4.79 Å². The van der Waals surface area contributed by atoms with Crippen molar-refractivity contribution in [1.82, 2.24) is 0 Å². The van der Waals surface area contributed by atoms with Gasteiger partial charge in [-0.3, -0.25) is 0 Å². The molecule has 0 fully saturated rings. The first kappa shape index (κ1) is 9.49. The van der Waals surface area contributed by atoms with Crippen LogP contribution in [0.25, 0.3) is 0 Å². The van der Waals surface area contributed by atoms with Gasteiger partial charge in [0, 0.05) is 5.70 Å². The molecule has 0 spiro atoms. The summed E-state index contributed by atoms with van der Waals surface area (Å²) in [6.45, 7) is 8.35. The Hall–Kier alpha value is -1.51. The van der Waals surface area contributed by atoms with E-state index in [-0.39, 0.29) is 11.3 Å². The molecule has 0 aromatic heterocycles. The summed E-state index contributed by atoms with van der Waals surface area (Å²) in [5, 5.41) is 8.48. The number of carboxylic acid groups (broad SMARTS) is 1. The minimum Gasteiger partial charge on any atom is -0.478 e. The van der Waals surface area contributed by atoms with Gasteiger partial charge in [0.15, 0.2) is 0 Å². The van der Waals surface area contributed by atoms with Crippen molar-refractivity contribution in [3.05, 3.63) is 36.1 Å². The van der Waals surface area contributed by atoms with Gasteiger partial charge in [-0.25, -0.2) is 4.79 Å². The highest BCUT2D eigenvalue weighted by Gasteiger charge is 2.06. The van der Waals surface area contributed by atoms with Gasteiger partial charge in [0.05, 0.1) is 5.57 Å². The van der Waals surface area contributed by atoms with E-state index in [0.717, 1.165) is 0 Å². The Morgan fingerprint density at radius 1 is 1.64 bits per heavy atom. The fourth-order valence-corrected chi connectivity index (χ4v) is 0.466. The van der Waals surface area contributed by atoms with Crippen LogP contribution in [0.3, 0.4) is 0 Å². The van der Waals surface area contributed by atoms with Gasteiger partial charge >= 0.3 is 5.97 Å². The maximum atomic E-state index is 10.3. The highest BCUT2D eigenvalue weighted by atomic mass is 16.4. The number of hydrogen-bond acceptors (Lipinski definition) is 2. The Labute approximate surface area is 65.5 Å². The summed E-state index contributed by atoms with van der Waals surface area (Å²) in [6, 6.07) is 0. The standard InChI is InChI=1S/C8H11NO2/c1-4-5(2)7(9)6(3)8(10)11/h4H,1-2,9H2,3H3,(H,10,11). The molecule has 0 heterocycles. The zero-order chi connectivity index (χ0) is 9.02. The molecular formula is C8H11NO2. The van der Waals surface area contributed by atoms with Crippen LogP contribution in [0.4, 0.5) is 0 Å². The predicted octanol–water partition coefficient (Wildman–Crippen LogP) is 1.05. The van der Waals surface area contributed by atoms with E-state index in [1.54, 1.807) is 0 Å². The lowest BCUT2D eigenvalue weighted by Gasteiger charge is -2.01. The first-order valence-corrected chi connectivity index (χ1v) is 3.02. The van der Waals surface area contributed by atoms with E-state index < -0.39 is 5.97 Å². The maximum Gasteiger partial charge on any atom is 0.333 e. The molecule has 3 nitrogen and oxygen atoms in total. The van der Waals surface area contributed by atoms with E-state index in [4.69, 9.17) is 10.8 Å². The molecule has 0 aliphatic rings. The van der Waals surface area contributed by atoms with E-state index >= 15 is 0 Å². The minimum absolute atomic E-state index is 0.0925. The van der Waals surface area contributed by atoms with Crippen molar-refractivity contribution in [1.29, 1.82) is 0 Å². The Bertz CT molecular complexity index is 238. The highest BCUT2D eigenvalue weighted by Crippen LogP contribution is 2.07. The number of nitrogens with two attached hydrogens (primary N) is 1. The summed E-state index contributed by atoms with van der Waals surface area (Å²) >= 11 is 0. The molecule has 0 aliphatic carbocycles. The molecule has 0 bridgehead atoms. The molecule has 3 N–H and O–H groups in total. The normalized spacial score (nSPS) is 11.7. The average Bonchev–Trinajstić information content (AvgIpc) is 2.00. The molecular weight excluding hydrogens is 142 g/mol. The SMILES string of the molecule is C=CC(=C)C(N)=C(C)C(=O)O. The van der Waals surface area contributed by atoms with Crippen LogP contribution in [0.2, 0.25) is 0 Å². The molecule has 0 atom stereocenters. The van der Waals surface area contributed by atoms with Gasteiger partial charge in [-0.2, -0.15) is 0 Å². The van der Waals surface area contributed by atoms with E-state index in [1.165, 1.54) is 13.0 Å². The number of rotatable bonds is 3. The molecule has 0 rings (SSSR count). The minimum atomic E-state index is -1.04. The van der Waals surface area contributed by atoms with Gasteiger partial charge in [-0.05, 0) is 12.5 Å². The average molecular weight is 153 g/mol. The van der Waals surface area contributed by atoms with Gasteiger partial charge in [0.25, 0.3) is 0 Å². The number of allylic oxidation sites excluding steroid dienone is 1. The second-order valence-electron chi connectivity index (χ2n) is 2.07. The van der Waals surface area contributed by atoms with Crippen LogP contribution in [0.5, 0.6) is 0 Å². The summed E-state index contributed by atoms with van der Waals surface area (Å²) in [5.41, 5.74) is 6.10. The summed E-state index contributed by atoms with van der Waals surface area (Å²) in [6.07, 6.45) is 1.42. The number of aliphatic carboxylic acids is 1. The van der Waals surface area contributed by atoms with Crippen LogP contribution in [-0.2, 0) is 4.79 Å². The number of carboxylic acids is 1. The fraction of sp³-hybridized carbons (Fsp3) is 0.125. The van der Waals surface area contributed by atoms with Gasteiger partial charge < -0.3 is 10.8 Å². The molecule has 0 saturated carbocycles. The summed E-state index contributed by atoms with van der Waals surface area (Å²) in [4.78, 5) is 10.3. The molecule has 3 heteroatoms. The van der Waals surface area contributed by atoms with Crippen LogP contribution in [0, 0.1) is 0 Å². The van der Waals surface area contributed by atoms with Crippen molar-refractivity contribution >= 4 is 5.97 Å². The van der Waals surface area contributed by atoms with Crippen molar-refractivity contribution in [3.8, 4) is 0 Å². The zero-order valence-electron chi connectivity index (χ0n) is 6.42. The molecule has 0 saturated heterocycles. The Morgan fingerprint density at radius 3 is 2.36 bits per heavy atom. The van der Waals surface area contributed by atoms with Crippen molar-refractivity contribution in [2.24, 2.45) is 5.73 Å². The van der Waals surface area contributed by atoms with E-state index in [1.807, 2.05) is 0 Å². The fourth-order valence-electron chi connectivity index (χ4n) is 0.466. The topological polar surface area (TPSA) is 63.3 Å². The van der Waals surface area contributed by atoms with Crippen LogP contribution in [0.1, 0.15) is 6.92 Å². The Kier molecular flexibility index (Phi) is 3.11. The largest absolute Gasteiger partial charge is 0.478 e. The smallest absolute Gasteiger partial charge is 0.333 e. The third kappa shape index (κ3) is 2.29. The van der Waals surface area contributed by atoms with Gasteiger partial charge in [0.1, 0.15) is 0 Å². The van der Waals surface area contributed by atoms with Crippen molar-refractivity contribution in [2.75, 3.05) is 0 Å². The lowest BCUT2D eigenvalue weighted by Crippen LogP contribution is -2.08. The highest BCUT2D eigenvalue weighted by molar-refractivity contribution is 5.87. The van der Waals surface area contributed by atoms with Gasteiger partial charge in [0.2, 0.25) is 0 Å². The summed E-state index contributed by atoms with van der Waals surface area (Å²) in [7, 11) is 0. The van der Waals surface area contributed by atoms with Crippen LogP contribution >= 0.6 is 0 Å². The molecule has 0 unspecified atom stereocenters. The van der Waals surface area contributed by atoms with Gasteiger partial charge in [-0.1, -0.05) is 19.2 Å². The lowest BCUT2D eigenvalue weighted by molar-refractivity contribution is -0.132. The molecule has 0 aromatic carbocycles. The Morgan fingerprint density at radius 2 is 2.09 bits per heavy atom. The first-order valence-electron chi connectivity index (χ1n) is 3.02. The molecule has 0 aromatic rings. The quantitative estimate of drug-likeness (QED) is 0.470. The molecule has 11 heavy (non-hydrogen) atoms. The van der Waals surface area contributed by atoms with E-state index in [0.29, 0.717) is 5.57 Å². The Balaban J connectivity index is 4.80. The monoisotopic (exact) mass is 153 g/mol. The molecule has 0 radical (unpaired) electrons. The van der Waals surface area contributed by atoms with E-state index in [2.05, 4.69) is 13.2 Å². The van der Waals surface area contributed by atoms with Crippen LogP contribution < -0.4 is 5.73 Å². The second kappa shape index (κ2) is 3.61. The second-order valence-corrected chi connectivity index (χ2v) is 2.07. The number of hydrogen-bond donors (Lipinski definition) is 2. The molecule has 0 aliphatic heterocycles. The number of carbonyl (C=O) groups is 1. The molecule has 0 amide bonds. The van der Waals surface area contributed by atoms with Crippen LogP contribution in [0.15, 0.2) is 36.1 Å².